The van der Waals surface area contributed by atoms with Crippen LogP contribution in [-0.2, 0) is 4.79 Å². The largest absolute Gasteiger partial charge is 0.504 e. The molecule has 1 aliphatic heterocycles. The summed E-state index contributed by atoms with van der Waals surface area (Å²) in [5.74, 6) is -2.42. The van der Waals surface area contributed by atoms with Gasteiger partial charge in [0, 0.05) is 5.56 Å². The lowest BCUT2D eigenvalue weighted by atomic mass is 10.1. The molecule has 122 valence electrons. The number of carboxylic acids is 1. The number of allylic oxidation sites excluding steroid dienone is 1. The first kappa shape index (κ1) is 15.4. The Morgan fingerprint density at radius 1 is 1.17 bits per heavy atom. The molecule has 0 aromatic heterocycles. The minimum Gasteiger partial charge on any atom is -0.504 e. The monoisotopic (exact) mass is 328 g/mol. The van der Waals surface area contributed by atoms with Gasteiger partial charge in [0.1, 0.15) is 5.75 Å². The molecule has 7 heteroatoms. The zero-order valence-corrected chi connectivity index (χ0v) is 12.2. The van der Waals surface area contributed by atoms with E-state index in [1.54, 1.807) is 24.3 Å². The summed E-state index contributed by atoms with van der Waals surface area (Å²) in [6.45, 7) is -0.524. The molecule has 1 heterocycles. The van der Waals surface area contributed by atoms with Crippen molar-refractivity contribution in [1.29, 1.82) is 0 Å². The number of fused-ring (bicyclic) bond motifs is 1. The highest BCUT2D eigenvalue weighted by Crippen LogP contribution is 2.44. The minimum absolute atomic E-state index is 0.0720. The Labute approximate surface area is 136 Å². The molecule has 0 unspecified atom stereocenters. The van der Waals surface area contributed by atoms with E-state index in [2.05, 4.69) is 0 Å². The second-order valence-corrected chi connectivity index (χ2v) is 4.97. The Morgan fingerprint density at radius 3 is 2.67 bits per heavy atom. The van der Waals surface area contributed by atoms with Gasteiger partial charge in [-0.15, -0.1) is 0 Å². The molecular formula is C17H12O7. The van der Waals surface area contributed by atoms with E-state index < -0.39 is 29.9 Å². The Bertz CT molecular complexity index is 867. The molecule has 0 atom stereocenters. The van der Waals surface area contributed by atoms with Gasteiger partial charge in [-0.3, -0.25) is 4.79 Å². The Hall–Kier alpha value is -3.48. The zero-order valence-electron chi connectivity index (χ0n) is 12.2. The molecule has 0 saturated carbocycles. The average Bonchev–Trinajstić information content (AvgIpc) is 2.87. The number of ether oxygens (including phenoxy) is 2. The Kier molecular flexibility index (Phi) is 3.83. The van der Waals surface area contributed by atoms with E-state index in [1.165, 1.54) is 18.2 Å². The molecule has 0 spiro atoms. The van der Waals surface area contributed by atoms with E-state index in [1.807, 2.05) is 0 Å². The highest BCUT2D eigenvalue weighted by atomic mass is 16.5. The summed E-state index contributed by atoms with van der Waals surface area (Å²) in [6.07, 6.45) is 1.38. The first-order valence-corrected chi connectivity index (χ1v) is 6.90. The Balaban J connectivity index is 1.95. The number of phenolic OH excluding ortho intramolecular Hbond substituents is 2. The molecule has 0 saturated heterocycles. The lowest BCUT2D eigenvalue weighted by Crippen LogP contribution is -2.10. The highest BCUT2D eigenvalue weighted by Gasteiger charge is 2.31. The number of aliphatic carboxylic acids is 1. The number of ketones is 1. The van der Waals surface area contributed by atoms with E-state index in [0.717, 1.165) is 0 Å². The normalized spacial score (nSPS) is 14.3. The molecule has 3 rings (SSSR count). The number of phenols is 2. The molecule has 2 aromatic rings. The maximum absolute atomic E-state index is 12.3. The second kappa shape index (κ2) is 5.96. The van der Waals surface area contributed by atoms with Crippen molar-refractivity contribution in [3.05, 3.63) is 53.3 Å². The van der Waals surface area contributed by atoms with Crippen molar-refractivity contribution in [2.45, 2.75) is 0 Å². The van der Waals surface area contributed by atoms with Crippen molar-refractivity contribution in [3.8, 4) is 23.0 Å². The van der Waals surface area contributed by atoms with E-state index in [9.17, 15) is 19.8 Å². The quantitative estimate of drug-likeness (QED) is 0.582. The number of carboxylic acid groups (broad SMARTS) is 1. The van der Waals surface area contributed by atoms with Crippen LogP contribution in [0.4, 0.5) is 0 Å². The lowest BCUT2D eigenvalue weighted by molar-refractivity contribution is -0.139. The summed E-state index contributed by atoms with van der Waals surface area (Å²) in [5.41, 5.74) is 0.569. The Morgan fingerprint density at radius 2 is 1.92 bits per heavy atom. The first-order valence-electron chi connectivity index (χ1n) is 6.90. The van der Waals surface area contributed by atoms with E-state index in [-0.39, 0.29) is 22.8 Å². The molecule has 7 nitrogen and oxygen atoms in total. The number of rotatable bonds is 4. The molecule has 3 N–H and O–H groups in total. The third kappa shape index (κ3) is 2.74. The molecule has 0 fully saturated rings. The van der Waals surface area contributed by atoms with Gasteiger partial charge < -0.3 is 24.8 Å². The van der Waals surface area contributed by atoms with Crippen molar-refractivity contribution >= 4 is 17.8 Å². The van der Waals surface area contributed by atoms with Gasteiger partial charge in [-0.25, -0.2) is 4.79 Å². The standard InChI is InChI=1S/C17H12O7/c18-11-6-5-10-15(21)13(24-17(10)16(11)22)7-9-3-1-2-4-12(9)23-8-14(19)20/h1-7,18,22H,8H2,(H,19,20)/b13-7-. The summed E-state index contributed by atoms with van der Waals surface area (Å²) in [5, 5.41) is 27.9. The van der Waals surface area contributed by atoms with E-state index in [0.29, 0.717) is 5.56 Å². The molecule has 0 aliphatic carbocycles. The molecule has 0 amide bonds. The van der Waals surface area contributed by atoms with Crippen molar-refractivity contribution in [2.24, 2.45) is 0 Å². The molecule has 0 radical (unpaired) electrons. The molecule has 24 heavy (non-hydrogen) atoms. The summed E-state index contributed by atoms with van der Waals surface area (Å²) in [6, 6.07) is 9.08. The number of carbonyl (C=O) groups is 2. The van der Waals surface area contributed by atoms with Crippen LogP contribution >= 0.6 is 0 Å². The number of benzene rings is 2. The van der Waals surface area contributed by atoms with Crippen LogP contribution in [-0.4, -0.2) is 33.7 Å². The summed E-state index contributed by atoms with van der Waals surface area (Å²) in [7, 11) is 0. The fourth-order valence-electron chi connectivity index (χ4n) is 2.24. The van der Waals surface area contributed by atoms with Crippen LogP contribution in [0.3, 0.4) is 0 Å². The van der Waals surface area contributed by atoms with Crippen LogP contribution in [0.2, 0.25) is 0 Å². The number of para-hydroxylation sites is 1. The fourth-order valence-corrected chi connectivity index (χ4v) is 2.24. The van der Waals surface area contributed by atoms with Gasteiger partial charge in [-0.2, -0.15) is 0 Å². The van der Waals surface area contributed by atoms with Crippen molar-refractivity contribution in [1.82, 2.24) is 0 Å². The topological polar surface area (TPSA) is 113 Å². The van der Waals surface area contributed by atoms with E-state index in [4.69, 9.17) is 14.6 Å². The second-order valence-electron chi connectivity index (χ2n) is 4.97. The molecule has 2 aromatic carbocycles. The predicted octanol–water partition coefficient (Wildman–Crippen LogP) is 2.18. The number of aromatic hydroxyl groups is 2. The first-order chi connectivity index (χ1) is 11.5. The van der Waals surface area contributed by atoms with Crippen molar-refractivity contribution in [3.63, 3.8) is 0 Å². The van der Waals surface area contributed by atoms with Crippen LogP contribution < -0.4 is 9.47 Å². The van der Waals surface area contributed by atoms with Crippen LogP contribution in [0.5, 0.6) is 23.0 Å². The zero-order chi connectivity index (χ0) is 17.3. The maximum Gasteiger partial charge on any atom is 0.341 e. The molecular weight excluding hydrogens is 316 g/mol. The third-order valence-electron chi connectivity index (χ3n) is 3.35. The maximum atomic E-state index is 12.3. The van der Waals surface area contributed by atoms with Gasteiger partial charge >= 0.3 is 5.97 Å². The minimum atomic E-state index is -1.13. The number of carbonyl (C=O) groups excluding carboxylic acids is 1. The van der Waals surface area contributed by atoms with Gasteiger partial charge in [0.15, 0.2) is 23.9 Å². The van der Waals surface area contributed by atoms with Crippen LogP contribution in [0.1, 0.15) is 15.9 Å². The summed E-state index contributed by atoms with van der Waals surface area (Å²) < 4.78 is 10.5. The summed E-state index contributed by atoms with van der Waals surface area (Å²) >= 11 is 0. The van der Waals surface area contributed by atoms with Gasteiger partial charge in [-0.05, 0) is 24.3 Å². The smallest absolute Gasteiger partial charge is 0.341 e. The SMILES string of the molecule is O=C(O)COc1ccccc1/C=C1\Oc2c(ccc(O)c2O)C1=O. The van der Waals surface area contributed by atoms with Gasteiger partial charge in [0.25, 0.3) is 0 Å². The van der Waals surface area contributed by atoms with E-state index >= 15 is 0 Å². The fraction of sp³-hybridized carbons (Fsp3) is 0.0588. The van der Waals surface area contributed by atoms with Crippen molar-refractivity contribution in [2.75, 3.05) is 6.61 Å². The van der Waals surface area contributed by atoms with Gasteiger partial charge in [0.05, 0.1) is 5.56 Å². The number of hydrogen-bond acceptors (Lipinski definition) is 6. The lowest BCUT2D eigenvalue weighted by Gasteiger charge is -2.07. The summed E-state index contributed by atoms with van der Waals surface area (Å²) in [4.78, 5) is 22.9. The molecule has 1 aliphatic rings. The number of Topliss-reactive ketones (excluding diaryl/α,β-unsaturated/α-hetero) is 1. The van der Waals surface area contributed by atoms with Crippen LogP contribution in [0.15, 0.2) is 42.2 Å². The van der Waals surface area contributed by atoms with Gasteiger partial charge in [-0.1, -0.05) is 18.2 Å². The average molecular weight is 328 g/mol. The van der Waals surface area contributed by atoms with Crippen LogP contribution in [0.25, 0.3) is 6.08 Å². The molecule has 0 bridgehead atoms. The third-order valence-corrected chi connectivity index (χ3v) is 3.35. The van der Waals surface area contributed by atoms with Crippen LogP contribution in [0, 0.1) is 0 Å². The highest BCUT2D eigenvalue weighted by molar-refractivity contribution is 6.15. The van der Waals surface area contributed by atoms with Gasteiger partial charge in [0.2, 0.25) is 11.5 Å². The van der Waals surface area contributed by atoms with Crippen molar-refractivity contribution < 1.29 is 34.4 Å². The predicted molar refractivity (Wildman–Crippen MR) is 82.3 cm³/mol. The number of hydrogen-bond donors (Lipinski definition) is 3.